The molecule has 0 fully saturated rings. The summed E-state index contributed by atoms with van der Waals surface area (Å²) in [5.41, 5.74) is 7.52. The van der Waals surface area contributed by atoms with Gasteiger partial charge < -0.3 is 10.5 Å². The van der Waals surface area contributed by atoms with E-state index in [1.807, 2.05) is 31.3 Å². The van der Waals surface area contributed by atoms with Gasteiger partial charge in [-0.3, -0.25) is 9.67 Å². The number of ether oxygens (including phenoxy) is 1. The van der Waals surface area contributed by atoms with E-state index < -0.39 is 0 Å². The molecule has 2 N–H and O–H groups in total. The summed E-state index contributed by atoms with van der Waals surface area (Å²) in [5, 5.41) is 4.93. The van der Waals surface area contributed by atoms with E-state index in [0.717, 1.165) is 10.9 Å². The van der Waals surface area contributed by atoms with Gasteiger partial charge in [-0.2, -0.15) is 5.10 Å². The van der Waals surface area contributed by atoms with Crippen molar-refractivity contribution in [3.63, 3.8) is 0 Å². The number of nitrogens with two attached hydrogens (primary N) is 1. The number of rotatable bonds is 2. The summed E-state index contributed by atoms with van der Waals surface area (Å²) in [7, 11) is 1.83. The molecule has 5 heteroatoms. The molecule has 0 spiro atoms. The third-order valence-corrected chi connectivity index (χ3v) is 2.70. The summed E-state index contributed by atoms with van der Waals surface area (Å²) in [4.78, 5) is 4.24. The number of anilines is 1. The summed E-state index contributed by atoms with van der Waals surface area (Å²) in [5.74, 6) is 1.27. The van der Waals surface area contributed by atoms with Crippen molar-refractivity contribution < 1.29 is 4.74 Å². The Balaban J connectivity index is 2.04. The first kappa shape index (κ1) is 10.6. The quantitative estimate of drug-likeness (QED) is 0.698. The van der Waals surface area contributed by atoms with Crippen LogP contribution in [-0.4, -0.2) is 14.8 Å². The molecule has 0 bridgehead atoms. The second kappa shape index (κ2) is 4.03. The van der Waals surface area contributed by atoms with Crippen molar-refractivity contribution in [2.24, 2.45) is 7.05 Å². The molecule has 3 aromatic rings. The number of fused-ring (bicyclic) bond motifs is 1. The van der Waals surface area contributed by atoms with Crippen LogP contribution in [0.1, 0.15) is 0 Å². The minimum atomic E-state index is 0.587. The molecule has 0 radical (unpaired) electrons. The van der Waals surface area contributed by atoms with Crippen molar-refractivity contribution in [3.05, 3.63) is 42.9 Å². The second-order valence-corrected chi connectivity index (χ2v) is 4.00. The average Bonchev–Trinajstić information content (AvgIpc) is 2.79. The maximum atomic E-state index is 6.08. The molecule has 0 saturated carbocycles. The van der Waals surface area contributed by atoms with Crippen LogP contribution in [0.25, 0.3) is 10.9 Å². The zero-order valence-electron chi connectivity index (χ0n) is 9.87. The van der Waals surface area contributed by atoms with E-state index in [0.29, 0.717) is 17.2 Å². The largest absolute Gasteiger partial charge is 0.452 e. The number of nitrogens with zero attached hydrogens (tertiary/aromatic N) is 3. The van der Waals surface area contributed by atoms with Crippen LogP contribution in [0, 0.1) is 0 Å². The summed E-state index contributed by atoms with van der Waals surface area (Å²) >= 11 is 0. The lowest BCUT2D eigenvalue weighted by molar-refractivity contribution is 0.485. The highest BCUT2D eigenvalue weighted by atomic mass is 16.5. The van der Waals surface area contributed by atoms with Crippen LogP contribution in [0.4, 0.5) is 5.69 Å². The van der Waals surface area contributed by atoms with Crippen molar-refractivity contribution in [2.75, 3.05) is 5.73 Å². The van der Waals surface area contributed by atoms with Gasteiger partial charge in [0.25, 0.3) is 0 Å². The molecule has 2 aromatic heterocycles. The molecule has 3 rings (SSSR count). The first-order chi connectivity index (χ1) is 8.74. The number of aryl methyl sites for hydroxylation is 1. The molecule has 1 aromatic carbocycles. The maximum absolute atomic E-state index is 6.08. The fraction of sp³-hybridized carbons (Fsp3) is 0.0769. The van der Waals surface area contributed by atoms with Gasteiger partial charge in [-0.25, -0.2) is 0 Å². The number of hydrogen-bond acceptors (Lipinski definition) is 4. The molecular formula is C13H12N4O. The van der Waals surface area contributed by atoms with E-state index >= 15 is 0 Å². The van der Waals surface area contributed by atoms with Gasteiger partial charge in [0.1, 0.15) is 0 Å². The van der Waals surface area contributed by atoms with Crippen LogP contribution in [-0.2, 0) is 7.05 Å². The topological polar surface area (TPSA) is 66.0 Å². The lowest BCUT2D eigenvalue weighted by atomic mass is 10.1. The zero-order valence-corrected chi connectivity index (χ0v) is 9.87. The SMILES string of the molecule is Cn1cc(Oc2ccc3ncccc3c2N)cn1. The van der Waals surface area contributed by atoms with E-state index in [1.54, 1.807) is 23.3 Å². The monoisotopic (exact) mass is 240 g/mol. The number of aromatic nitrogens is 3. The van der Waals surface area contributed by atoms with Gasteiger partial charge in [0, 0.05) is 18.6 Å². The third-order valence-electron chi connectivity index (χ3n) is 2.70. The molecule has 0 aliphatic rings. The Morgan fingerprint density at radius 2 is 2.17 bits per heavy atom. The van der Waals surface area contributed by atoms with Gasteiger partial charge in [-0.1, -0.05) is 0 Å². The summed E-state index contributed by atoms with van der Waals surface area (Å²) in [6.45, 7) is 0. The highest BCUT2D eigenvalue weighted by molar-refractivity contribution is 5.93. The Bertz CT molecular complexity index is 705. The van der Waals surface area contributed by atoms with Crippen molar-refractivity contribution in [1.82, 2.24) is 14.8 Å². The van der Waals surface area contributed by atoms with Crippen molar-refractivity contribution in [3.8, 4) is 11.5 Å². The lowest BCUT2D eigenvalue weighted by Crippen LogP contribution is -1.93. The number of pyridine rings is 1. The van der Waals surface area contributed by atoms with E-state index in [1.165, 1.54) is 0 Å². The molecule has 90 valence electrons. The summed E-state index contributed by atoms with van der Waals surface area (Å²) in [6.07, 6.45) is 5.17. The maximum Gasteiger partial charge on any atom is 0.165 e. The van der Waals surface area contributed by atoms with Crippen LogP contribution in [0.2, 0.25) is 0 Å². The Kier molecular flexibility index (Phi) is 2.37. The fourth-order valence-corrected chi connectivity index (χ4v) is 1.82. The Morgan fingerprint density at radius 1 is 1.28 bits per heavy atom. The first-order valence-corrected chi connectivity index (χ1v) is 5.54. The first-order valence-electron chi connectivity index (χ1n) is 5.54. The number of nitrogen functional groups attached to an aromatic ring is 1. The molecule has 0 saturated heterocycles. The smallest absolute Gasteiger partial charge is 0.165 e. The Labute approximate surface area is 104 Å². The fourth-order valence-electron chi connectivity index (χ4n) is 1.82. The van der Waals surface area contributed by atoms with Crippen LogP contribution in [0.3, 0.4) is 0 Å². The average molecular weight is 240 g/mol. The van der Waals surface area contributed by atoms with Crippen molar-refractivity contribution in [2.45, 2.75) is 0 Å². The normalized spacial score (nSPS) is 10.7. The van der Waals surface area contributed by atoms with Gasteiger partial charge in [-0.15, -0.1) is 0 Å². The van der Waals surface area contributed by atoms with Crippen LogP contribution in [0.5, 0.6) is 11.5 Å². The highest BCUT2D eigenvalue weighted by Gasteiger charge is 2.07. The predicted molar refractivity (Wildman–Crippen MR) is 69.4 cm³/mol. The molecule has 0 aliphatic carbocycles. The Hall–Kier alpha value is -2.56. The van der Waals surface area contributed by atoms with Crippen LogP contribution >= 0.6 is 0 Å². The molecule has 0 aliphatic heterocycles. The molecule has 0 unspecified atom stereocenters. The molecular weight excluding hydrogens is 228 g/mol. The lowest BCUT2D eigenvalue weighted by Gasteiger charge is -2.08. The van der Waals surface area contributed by atoms with Gasteiger partial charge in [0.05, 0.1) is 23.6 Å². The van der Waals surface area contributed by atoms with E-state index in [4.69, 9.17) is 10.5 Å². The van der Waals surface area contributed by atoms with Crippen molar-refractivity contribution >= 4 is 16.6 Å². The number of hydrogen-bond donors (Lipinski definition) is 1. The molecule has 5 nitrogen and oxygen atoms in total. The van der Waals surface area contributed by atoms with Gasteiger partial charge in [-0.05, 0) is 24.3 Å². The summed E-state index contributed by atoms with van der Waals surface area (Å²) in [6, 6.07) is 7.48. The standard InChI is InChI=1S/C13H12N4O/c1-17-8-9(7-16-17)18-12-5-4-11-10(13(12)14)3-2-6-15-11/h2-8H,14H2,1H3. The van der Waals surface area contributed by atoms with Crippen molar-refractivity contribution in [1.29, 1.82) is 0 Å². The van der Waals surface area contributed by atoms with Crippen LogP contribution in [0.15, 0.2) is 42.9 Å². The van der Waals surface area contributed by atoms with E-state index in [2.05, 4.69) is 10.1 Å². The van der Waals surface area contributed by atoms with Crippen LogP contribution < -0.4 is 10.5 Å². The summed E-state index contributed by atoms with van der Waals surface area (Å²) < 4.78 is 7.38. The van der Waals surface area contributed by atoms with E-state index in [-0.39, 0.29) is 0 Å². The Morgan fingerprint density at radius 3 is 2.94 bits per heavy atom. The highest BCUT2D eigenvalue weighted by Crippen LogP contribution is 2.32. The molecule has 2 heterocycles. The van der Waals surface area contributed by atoms with E-state index in [9.17, 15) is 0 Å². The zero-order chi connectivity index (χ0) is 12.5. The van der Waals surface area contributed by atoms with Gasteiger partial charge in [0.15, 0.2) is 11.5 Å². The molecule has 18 heavy (non-hydrogen) atoms. The second-order valence-electron chi connectivity index (χ2n) is 4.00. The third kappa shape index (κ3) is 1.75. The number of benzene rings is 1. The van der Waals surface area contributed by atoms with Gasteiger partial charge >= 0.3 is 0 Å². The predicted octanol–water partition coefficient (Wildman–Crippen LogP) is 2.34. The minimum absolute atomic E-state index is 0.587. The van der Waals surface area contributed by atoms with Gasteiger partial charge in [0.2, 0.25) is 0 Å². The molecule has 0 atom stereocenters. The minimum Gasteiger partial charge on any atom is -0.452 e. The molecule has 0 amide bonds.